The van der Waals surface area contributed by atoms with Crippen molar-refractivity contribution in [2.24, 2.45) is 0 Å². The highest BCUT2D eigenvalue weighted by atomic mass is 32.2. The molecule has 4 rings (SSSR count). The highest BCUT2D eigenvalue weighted by Gasteiger charge is 2.32. The van der Waals surface area contributed by atoms with Crippen LogP contribution in [0.15, 0.2) is 59.6 Å². The van der Waals surface area contributed by atoms with Crippen LogP contribution in [0.25, 0.3) is 0 Å². The van der Waals surface area contributed by atoms with E-state index in [9.17, 15) is 26.4 Å². The number of para-hydroxylation sites is 1. The van der Waals surface area contributed by atoms with E-state index in [0.717, 1.165) is 55.5 Å². The number of hydrogen-bond acceptors (Lipinski definition) is 4. The lowest BCUT2D eigenvalue weighted by Gasteiger charge is -2.14. The lowest BCUT2D eigenvalue weighted by Crippen LogP contribution is -2.27. The van der Waals surface area contributed by atoms with E-state index < -0.39 is 32.6 Å². The van der Waals surface area contributed by atoms with Crippen molar-refractivity contribution in [3.63, 3.8) is 0 Å². The molecule has 3 aromatic rings. The van der Waals surface area contributed by atoms with Crippen LogP contribution in [0.3, 0.4) is 0 Å². The van der Waals surface area contributed by atoms with Gasteiger partial charge in [-0.15, -0.1) is 0 Å². The summed E-state index contributed by atoms with van der Waals surface area (Å²) in [6, 6.07) is 9.33. The van der Waals surface area contributed by atoms with Crippen molar-refractivity contribution in [2.75, 3.05) is 11.3 Å². The fourth-order valence-corrected chi connectivity index (χ4v) is 4.93. The van der Waals surface area contributed by atoms with Gasteiger partial charge in [-0.25, -0.2) is 13.4 Å². The van der Waals surface area contributed by atoms with Gasteiger partial charge in [-0.2, -0.15) is 13.2 Å². The second-order valence-electron chi connectivity index (χ2n) is 7.98. The van der Waals surface area contributed by atoms with E-state index in [0.29, 0.717) is 19.0 Å². The molecular formula is C23H23F3N4O3S. The van der Waals surface area contributed by atoms with Gasteiger partial charge in [0.25, 0.3) is 15.9 Å². The molecule has 0 spiro atoms. The number of sulfonamides is 1. The van der Waals surface area contributed by atoms with Crippen molar-refractivity contribution in [3.8, 4) is 0 Å². The Labute approximate surface area is 195 Å². The summed E-state index contributed by atoms with van der Waals surface area (Å²) in [7, 11) is -4.36. The van der Waals surface area contributed by atoms with Gasteiger partial charge in [0, 0.05) is 32.1 Å². The Balaban J connectivity index is 1.45. The molecule has 0 fully saturated rings. The molecule has 0 saturated heterocycles. The largest absolute Gasteiger partial charge is 0.416 e. The number of carbonyl (C=O) groups is 1. The number of nitrogens with zero attached hydrogens (tertiary/aromatic N) is 2. The van der Waals surface area contributed by atoms with Crippen LogP contribution in [0.4, 0.5) is 18.9 Å². The van der Waals surface area contributed by atoms with E-state index in [4.69, 9.17) is 0 Å². The first kappa shape index (κ1) is 23.8. The maximum absolute atomic E-state index is 13.0. The van der Waals surface area contributed by atoms with Gasteiger partial charge in [-0.05, 0) is 43.2 Å². The SMILES string of the molecule is O=C(NCCc1cn2c(n1)CCCC2)c1ccccc1NS(=O)(=O)c1cccc(C(F)(F)F)c1. The molecule has 11 heteroatoms. The van der Waals surface area contributed by atoms with Crippen molar-refractivity contribution < 1.29 is 26.4 Å². The van der Waals surface area contributed by atoms with E-state index in [-0.39, 0.29) is 11.3 Å². The molecule has 1 amide bonds. The summed E-state index contributed by atoms with van der Waals surface area (Å²) in [6.45, 7) is 1.23. The molecule has 180 valence electrons. The number of carbonyl (C=O) groups excluding carboxylic acids is 1. The molecule has 2 N–H and O–H groups in total. The third-order valence-electron chi connectivity index (χ3n) is 5.51. The van der Waals surface area contributed by atoms with Gasteiger partial charge in [0.2, 0.25) is 0 Å². The maximum Gasteiger partial charge on any atom is 0.416 e. The zero-order valence-corrected chi connectivity index (χ0v) is 18.9. The number of nitrogens with one attached hydrogen (secondary N) is 2. The molecule has 34 heavy (non-hydrogen) atoms. The Morgan fingerprint density at radius 2 is 1.88 bits per heavy atom. The zero-order valence-electron chi connectivity index (χ0n) is 18.1. The predicted molar refractivity (Wildman–Crippen MR) is 120 cm³/mol. The molecule has 0 atom stereocenters. The van der Waals surface area contributed by atoms with Crippen molar-refractivity contribution in [1.82, 2.24) is 14.9 Å². The van der Waals surface area contributed by atoms with Crippen LogP contribution in [0, 0.1) is 0 Å². The summed E-state index contributed by atoms with van der Waals surface area (Å²) in [5.74, 6) is 0.535. The van der Waals surface area contributed by atoms with E-state index in [1.807, 2.05) is 6.20 Å². The number of hydrogen-bond donors (Lipinski definition) is 2. The Hall–Kier alpha value is -3.34. The maximum atomic E-state index is 13.0. The normalized spacial score (nSPS) is 13.9. The number of amides is 1. The monoisotopic (exact) mass is 492 g/mol. The smallest absolute Gasteiger partial charge is 0.352 e. The minimum absolute atomic E-state index is 0.0325. The molecule has 1 aliphatic heterocycles. The highest BCUT2D eigenvalue weighted by Crippen LogP contribution is 2.31. The molecule has 0 aliphatic carbocycles. The number of fused-ring (bicyclic) bond motifs is 1. The summed E-state index contributed by atoms with van der Waals surface area (Å²) >= 11 is 0. The van der Waals surface area contributed by atoms with Crippen LogP contribution in [-0.2, 0) is 35.6 Å². The van der Waals surface area contributed by atoms with Crippen LogP contribution >= 0.6 is 0 Å². The number of benzene rings is 2. The van der Waals surface area contributed by atoms with Crippen molar-refractivity contribution in [1.29, 1.82) is 0 Å². The number of anilines is 1. The van der Waals surface area contributed by atoms with E-state index in [1.165, 1.54) is 18.2 Å². The molecule has 2 heterocycles. The van der Waals surface area contributed by atoms with Crippen molar-refractivity contribution in [2.45, 2.75) is 43.3 Å². The first-order chi connectivity index (χ1) is 16.1. The van der Waals surface area contributed by atoms with Gasteiger partial charge in [-0.1, -0.05) is 18.2 Å². The number of aryl methyl sites for hydroxylation is 2. The van der Waals surface area contributed by atoms with Crippen molar-refractivity contribution in [3.05, 3.63) is 77.4 Å². The second kappa shape index (κ2) is 9.49. The van der Waals surface area contributed by atoms with E-state index in [1.54, 1.807) is 6.07 Å². The van der Waals surface area contributed by atoms with Gasteiger partial charge < -0.3 is 9.88 Å². The number of aromatic nitrogens is 2. The molecule has 7 nitrogen and oxygen atoms in total. The molecule has 0 radical (unpaired) electrons. The number of imidazole rings is 1. The molecule has 0 saturated carbocycles. The predicted octanol–water partition coefficient (Wildman–Crippen LogP) is 4.01. The number of rotatable bonds is 7. The first-order valence-corrected chi connectivity index (χ1v) is 12.2. The van der Waals surface area contributed by atoms with E-state index in [2.05, 4.69) is 19.6 Å². The van der Waals surface area contributed by atoms with Gasteiger partial charge in [0.15, 0.2) is 0 Å². The van der Waals surface area contributed by atoms with E-state index >= 15 is 0 Å². The lowest BCUT2D eigenvalue weighted by molar-refractivity contribution is -0.137. The number of halogens is 3. The van der Waals surface area contributed by atoms with Crippen LogP contribution < -0.4 is 10.0 Å². The molecule has 0 unspecified atom stereocenters. The van der Waals surface area contributed by atoms with Gasteiger partial charge in [0.1, 0.15) is 5.82 Å². The Bertz CT molecular complexity index is 1280. The van der Waals surface area contributed by atoms with Crippen LogP contribution in [0.1, 0.15) is 40.3 Å². The minimum atomic E-state index is -4.68. The minimum Gasteiger partial charge on any atom is -0.352 e. The lowest BCUT2D eigenvalue weighted by atomic mass is 10.1. The fourth-order valence-electron chi connectivity index (χ4n) is 3.80. The Kier molecular flexibility index (Phi) is 6.65. The highest BCUT2D eigenvalue weighted by molar-refractivity contribution is 7.92. The summed E-state index contributed by atoms with van der Waals surface area (Å²) < 4.78 is 68.8. The third kappa shape index (κ3) is 5.41. The Morgan fingerprint density at radius 1 is 1.09 bits per heavy atom. The van der Waals surface area contributed by atoms with Crippen LogP contribution in [0.5, 0.6) is 0 Å². The number of alkyl halides is 3. The van der Waals surface area contributed by atoms with Gasteiger partial charge in [0.05, 0.1) is 27.4 Å². The Morgan fingerprint density at radius 3 is 2.65 bits per heavy atom. The molecule has 1 aliphatic rings. The topological polar surface area (TPSA) is 93.1 Å². The summed E-state index contributed by atoms with van der Waals surface area (Å²) in [6.07, 6.45) is 0.984. The standard InChI is InChI=1S/C23H23F3N4O3S/c24-23(25,26)16-6-5-7-18(14-16)34(32,33)29-20-9-2-1-8-19(20)22(31)27-12-11-17-15-30-13-4-3-10-21(30)28-17/h1-2,5-9,14-15,29H,3-4,10-13H2,(H,27,31). The summed E-state index contributed by atoms with van der Waals surface area (Å²) in [5.41, 5.74) is -0.185. The van der Waals surface area contributed by atoms with Crippen LogP contribution in [0.2, 0.25) is 0 Å². The summed E-state index contributed by atoms with van der Waals surface area (Å²) in [5, 5.41) is 2.75. The third-order valence-corrected chi connectivity index (χ3v) is 6.88. The second-order valence-corrected chi connectivity index (χ2v) is 9.66. The molecule has 0 bridgehead atoms. The first-order valence-electron chi connectivity index (χ1n) is 10.8. The van der Waals surface area contributed by atoms with Crippen LogP contribution in [-0.4, -0.2) is 30.4 Å². The average Bonchev–Trinajstić information content (AvgIpc) is 3.21. The molecular weight excluding hydrogens is 469 g/mol. The van der Waals surface area contributed by atoms with Gasteiger partial charge >= 0.3 is 6.18 Å². The zero-order chi connectivity index (χ0) is 24.3. The van der Waals surface area contributed by atoms with Gasteiger partial charge in [-0.3, -0.25) is 9.52 Å². The molecule has 2 aromatic carbocycles. The molecule has 1 aromatic heterocycles. The fraction of sp³-hybridized carbons (Fsp3) is 0.304. The summed E-state index contributed by atoms with van der Waals surface area (Å²) in [4.78, 5) is 16.8. The quantitative estimate of drug-likeness (QED) is 0.521. The van der Waals surface area contributed by atoms with Crippen molar-refractivity contribution >= 4 is 21.6 Å². The average molecular weight is 493 g/mol.